The lowest BCUT2D eigenvalue weighted by Crippen LogP contribution is -2.51. The van der Waals surface area contributed by atoms with Gasteiger partial charge in [0, 0.05) is 17.1 Å². The maximum atomic E-state index is 13.2. The first-order chi connectivity index (χ1) is 10.4. The average Bonchev–Trinajstić information content (AvgIpc) is 2.32. The fraction of sp³-hybridized carbons (Fsp3) is 0.588. The molecule has 0 aliphatic carbocycles. The molecule has 1 rings (SSSR count). The standard InChI is InChI=1S/C17H26BrFN2O2/c1-11(13-8-7-12(19)9-14(13)18)20-10-17(5,6)21-15(22)23-16(2,3)4/h7-9,11,20H,10H2,1-6H3,(H,21,22). The third kappa shape index (κ3) is 7.31. The molecule has 0 aliphatic heterocycles. The third-order valence-electron chi connectivity index (χ3n) is 3.12. The molecule has 0 radical (unpaired) electrons. The Kier molecular flexibility index (Phi) is 6.59. The number of carbonyl (C=O) groups excluding carboxylic acids is 1. The maximum Gasteiger partial charge on any atom is 0.408 e. The molecule has 2 N–H and O–H groups in total. The molecule has 4 nitrogen and oxygen atoms in total. The van der Waals surface area contributed by atoms with Crippen LogP contribution >= 0.6 is 15.9 Å². The van der Waals surface area contributed by atoms with Gasteiger partial charge in [-0.25, -0.2) is 9.18 Å². The Morgan fingerprint density at radius 3 is 2.43 bits per heavy atom. The van der Waals surface area contributed by atoms with Gasteiger partial charge in [-0.3, -0.25) is 0 Å². The number of rotatable bonds is 5. The van der Waals surface area contributed by atoms with Crippen molar-refractivity contribution in [3.8, 4) is 0 Å². The quantitative estimate of drug-likeness (QED) is 0.777. The molecule has 0 aromatic heterocycles. The first-order valence-corrected chi connectivity index (χ1v) is 8.38. The second-order valence-corrected chi connectivity index (χ2v) is 8.13. The van der Waals surface area contributed by atoms with Gasteiger partial charge in [-0.05, 0) is 59.2 Å². The molecule has 23 heavy (non-hydrogen) atoms. The summed E-state index contributed by atoms with van der Waals surface area (Å²) in [7, 11) is 0. The fourth-order valence-electron chi connectivity index (χ4n) is 1.99. The number of amides is 1. The molecule has 130 valence electrons. The molecule has 1 aromatic rings. The number of ether oxygens (including phenoxy) is 1. The van der Waals surface area contributed by atoms with Gasteiger partial charge >= 0.3 is 6.09 Å². The smallest absolute Gasteiger partial charge is 0.408 e. The van der Waals surface area contributed by atoms with Crippen LogP contribution in [0, 0.1) is 5.82 Å². The molecule has 0 aliphatic rings. The van der Waals surface area contributed by atoms with E-state index in [4.69, 9.17) is 4.74 Å². The predicted octanol–water partition coefficient (Wildman–Crippen LogP) is 4.54. The van der Waals surface area contributed by atoms with E-state index in [0.717, 1.165) is 10.0 Å². The second kappa shape index (κ2) is 7.62. The van der Waals surface area contributed by atoms with Crippen LogP contribution in [-0.2, 0) is 4.74 Å². The molecule has 0 fully saturated rings. The number of nitrogens with one attached hydrogen (secondary N) is 2. The first-order valence-electron chi connectivity index (χ1n) is 7.59. The van der Waals surface area contributed by atoms with E-state index in [1.54, 1.807) is 6.07 Å². The van der Waals surface area contributed by atoms with Crippen molar-refractivity contribution in [2.75, 3.05) is 6.54 Å². The van der Waals surface area contributed by atoms with Crippen LogP contribution in [0.4, 0.5) is 9.18 Å². The van der Waals surface area contributed by atoms with Crippen LogP contribution in [0.3, 0.4) is 0 Å². The Morgan fingerprint density at radius 2 is 1.91 bits per heavy atom. The van der Waals surface area contributed by atoms with E-state index < -0.39 is 17.2 Å². The summed E-state index contributed by atoms with van der Waals surface area (Å²) in [6, 6.07) is 4.62. The summed E-state index contributed by atoms with van der Waals surface area (Å²) < 4.78 is 19.1. The molecular formula is C17H26BrFN2O2. The molecular weight excluding hydrogens is 363 g/mol. The van der Waals surface area contributed by atoms with E-state index in [1.165, 1.54) is 12.1 Å². The first kappa shape index (κ1) is 19.9. The number of halogens is 2. The van der Waals surface area contributed by atoms with Gasteiger partial charge in [0.1, 0.15) is 11.4 Å². The van der Waals surface area contributed by atoms with Crippen LogP contribution in [0.25, 0.3) is 0 Å². The molecule has 1 amide bonds. The van der Waals surface area contributed by atoms with Gasteiger partial charge in [-0.2, -0.15) is 0 Å². The number of hydrogen-bond acceptors (Lipinski definition) is 3. The average molecular weight is 389 g/mol. The lowest BCUT2D eigenvalue weighted by molar-refractivity contribution is 0.0471. The molecule has 6 heteroatoms. The molecule has 1 unspecified atom stereocenters. The summed E-state index contributed by atoms with van der Waals surface area (Å²) in [5.74, 6) is -0.278. The Bertz CT molecular complexity index is 556. The maximum absolute atomic E-state index is 13.2. The molecule has 0 saturated heterocycles. The van der Waals surface area contributed by atoms with E-state index >= 15 is 0 Å². The van der Waals surface area contributed by atoms with Crippen molar-refractivity contribution in [3.63, 3.8) is 0 Å². The van der Waals surface area contributed by atoms with E-state index in [-0.39, 0.29) is 11.9 Å². The monoisotopic (exact) mass is 388 g/mol. The normalized spacial score (nSPS) is 13.6. The highest BCUT2D eigenvalue weighted by Gasteiger charge is 2.25. The summed E-state index contributed by atoms with van der Waals surface area (Å²) in [6.45, 7) is 11.8. The Balaban J connectivity index is 2.59. The SMILES string of the molecule is CC(NCC(C)(C)NC(=O)OC(C)(C)C)c1ccc(F)cc1Br. The summed E-state index contributed by atoms with van der Waals surface area (Å²) in [4.78, 5) is 11.9. The summed E-state index contributed by atoms with van der Waals surface area (Å²) in [6.07, 6.45) is -0.445. The Hall–Kier alpha value is -1.14. The van der Waals surface area contributed by atoms with Crippen LogP contribution < -0.4 is 10.6 Å². The van der Waals surface area contributed by atoms with E-state index in [2.05, 4.69) is 26.6 Å². The predicted molar refractivity (Wildman–Crippen MR) is 94.0 cm³/mol. The Morgan fingerprint density at radius 1 is 1.30 bits per heavy atom. The number of benzene rings is 1. The molecule has 0 bridgehead atoms. The molecule has 1 aromatic carbocycles. The van der Waals surface area contributed by atoms with Crippen LogP contribution in [-0.4, -0.2) is 23.8 Å². The second-order valence-electron chi connectivity index (χ2n) is 7.28. The van der Waals surface area contributed by atoms with Crippen molar-refractivity contribution in [2.45, 2.75) is 58.7 Å². The minimum Gasteiger partial charge on any atom is -0.444 e. The van der Waals surface area contributed by atoms with Gasteiger partial charge in [-0.15, -0.1) is 0 Å². The number of hydrogen-bond donors (Lipinski definition) is 2. The van der Waals surface area contributed by atoms with Crippen molar-refractivity contribution in [1.82, 2.24) is 10.6 Å². The van der Waals surface area contributed by atoms with Crippen molar-refractivity contribution in [1.29, 1.82) is 0 Å². The highest BCUT2D eigenvalue weighted by atomic mass is 79.9. The number of carbonyl (C=O) groups is 1. The minimum absolute atomic E-state index is 0.00434. The number of alkyl carbamates (subject to hydrolysis) is 1. The van der Waals surface area contributed by atoms with Crippen LogP contribution in [0.5, 0.6) is 0 Å². The third-order valence-corrected chi connectivity index (χ3v) is 3.81. The van der Waals surface area contributed by atoms with Gasteiger partial charge in [-0.1, -0.05) is 22.0 Å². The lowest BCUT2D eigenvalue weighted by Gasteiger charge is -2.30. The van der Waals surface area contributed by atoms with Gasteiger partial charge in [0.2, 0.25) is 0 Å². The highest BCUT2D eigenvalue weighted by molar-refractivity contribution is 9.10. The van der Waals surface area contributed by atoms with Gasteiger partial charge in [0.25, 0.3) is 0 Å². The Labute approximate surface area is 146 Å². The molecule has 0 spiro atoms. The topological polar surface area (TPSA) is 50.4 Å². The van der Waals surface area contributed by atoms with Crippen molar-refractivity contribution >= 4 is 22.0 Å². The molecule has 1 atom stereocenters. The van der Waals surface area contributed by atoms with Crippen molar-refractivity contribution in [3.05, 3.63) is 34.1 Å². The lowest BCUT2D eigenvalue weighted by atomic mass is 10.0. The van der Waals surface area contributed by atoms with Gasteiger partial charge < -0.3 is 15.4 Å². The summed E-state index contributed by atoms with van der Waals surface area (Å²) in [5.41, 5.74) is -0.0531. The summed E-state index contributed by atoms with van der Waals surface area (Å²) in [5, 5.41) is 6.19. The van der Waals surface area contributed by atoms with Crippen LogP contribution in [0.1, 0.15) is 53.1 Å². The van der Waals surface area contributed by atoms with Crippen LogP contribution in [0.2, 0.25) is 0 Å². The van der Waals surface area contributed by atoms with E-state index in [1.807, 2.05) is 41.5 Å². The fourth-order valence-corrected chi connectivity index (χ4v) is 2.69. The van der Waals surface area contributed by atoms with E-state index in [9.17, 15) is 9.18 Å². The van der Waals surface area contributed by atoms with Gasteiger partial charge in [0.15, 0.2) is 0 Å². The summed E-state index contributed by atoms with van der Waals surface area (Å²) >= 11 is 3.37. The molecule has 0 heterocycles. The highest BCUT2D eigenvalue weighted by Crippen LogP contribution is 2.24. The molecule has 0 saturated carbocycles. The largest absolute Gasteiger partial charge is 0.444 e. The van der Waals surface area contributed by atoms with Crippen LogP contribution in [0.15, 0.2) is 22.7 Å². The minimum atomic E-state index is -0.528. The van der Waals surface area contributed by atoms with Crippen molar-refractivity contribution in [2.24, 2.45) is 0 Å². The zero-order valence-electron chi connectivity index (χ0n) is 14.6. The zero-order chi connectivity index (χ0) is 17.8. The van der Waals surface area contributed by atoms with Gasteiger partial charge in [0.05, 0.1) is 5.54 Å². The zero-order valence-corrected chi connectivity index (χ0v) is 16.2. The van der Waals surface area contributed by atoms with E-state index in [0.29, 0.717) is 6.54 Å². The van der Waals surface area contributed by atoms with Crippen molar-refractivity contribution < 1.29 is 13.9 Å².